The molecule has 27 heavy (non-hydrogen) atoms. The van der Waals surface area contributed by atoms with E-state index in [2.05, 4.69) is 80.5 Å². The molecule has 0 aliphatic rings. The van der Waals surface area contributed by atoms with E-state index in [9.17, 15) is 5.26 Å². The summed E-state index contributed by atoms with van der Waals surface area (Å²) in [5.41, 5.74) is 8.43. The molecule has 0 amide bonds. The standard InChI is InChI=1S/C23H23N3S/c1-5-18-6-8-19(9-7-18)21-14-27-23(26-21)20(12-24)13-25-22-16(3)10-15(2)11-17(22)4/h6-11,13-14,25H,5H2,1-4H3/b20-13+. The fourth-order valence-corrected chi connectivity index (χ4v) is 3.93. The Balaban J connectivity index is 1.85. The van der Waals surface area contributed by atoms with Crippen molar-refractivity contribution < 1.29 is 0 Å². The molecule has 0 bridgehead atoms. The molecule has 0 unspecified atom stereocenters. The van der Waals surface area contributed by atoms with Gasteiger partial charge >= 0.3 is 0 Å². The van der Waals surface area contributed by atoms with Crippen molar-refractivity contribution in [2.24, 2.45) is 0 Å². The van der Waals surface area contributed by atoms with Crippen molar-refractivity contribution in [3.05, 3.63) is 75.2 Å². The van der Waals surface area contributed by atoms with E-state index in [4.69, 9.17) is 0 Å². The van der Waals surface area contributed by atoms with E-state index >= 15 is 0 Å². The second-order valence-corrected chi connectivity index (χ2v) is 7.53. The average Bonchev–Trinajstić information content (AvgIpc) is 3.14. The molecule has 3 aromatic rings. The Hall–Kier alpha value is -2.90. The highest BCUT2D eigenvalue weighted by Gasteiger charge is 2.10. The maximum atomic E-state index is 9.60. The predicted octanol–water partition coefficient (Wildman–Crippen LogP) is 6.27. The fourth-order valence-electron chi connectivity index (χ4n) is 3.14. The molecule has 0 aliphatic heterocycles. The lowest BCUT2D eigenvalue weighted by atomic mass is 10.1. The number of anilines is 1. The summed E-state index contributed by atoms with van der Waals surface area (Å²) >= 11 is 1.49. The minimum absolute atomic E-state index is 0.538. The number of benzene rings is 2. The Labute approximate surface area is 165 Å². The van der Waals surface area contributed by atoms with E-state index < -0.39 is 0 Å². The molecule has 136 valence electrons. The number of rotatable bonds is 5. The number of allylic oxidation sites excluding steroid dienone is 1. The first kappa shape index (κ1) is 18.9. The van der Waals surface area contributed by atoms with Crippen LogP contribution in [0.15, 0.2) is 48.0 Å². The molecule has 1 aromatic heterocycles. The number of hydrogen-bond acceptors (Lipinski definition) is 4. The fraction of sp³-hybridized carbons (Fsp3) is 0.217. The Morgan fingerprint density at radius 1 is 1.15 bits per heavy atom. The zero-order chi connectivity index (χ0) is 19.4. The van der Waals surface area contributed by atoms with Crippen molar-refractivity contribution in [2.75, 3.05) is 5.32 Å². The summed E-state index contributed by atoms with van der Waals surface area (Å²) in [4.78, 5) is 4.67. The molecule has 0 saturated heterocycles. The first-order valence-corrected chi connectivity index (χ1v) is 9.89. The maximum Gasteiger partial charge on any atom is 0.136 e. The second kappa shape index (κ2) is 8.20. The number of nitriles is 1. The smallest absolute Gasteiger partial charge is 0.136 e. The zero-order valence-corrected chi connectivity index (χ0v) is 16.9. The summed E-state index contributed by atoms with van der Waals surface area (Å²) in [5, 5.41) is 15.6. The largest absolute Gasteiger partial charge is 0.360 e. The third-order valence-corrected chi connectivity index (χ3v) is 5.43. The van der Waals surface area contributed by atoms with Crippen LogP contribution in [0, 0.1) is 32.1 Å². The Kier molecular flexibility index (Phi) is 5.73. The van der Waals surface area contributed by atoms with Gasteiger partial charge in [0.1, 0.15) is 16.6 Å². The molecule has 1 N–H and O–H groups in total. The number of hydrogen-bond donors (Lipinski definition) is 1. The SMILES string of the molecule is CCc1ccc(-c2csc(/C(C#N)=C/Nc3c(C)cc(C)cc3C)n2)cc1. The predicted molar refractivity (Wildman–Crippen MR) is 115 cm³/mol. The van der Waals surface area contributed by atoms with Gasteiger partial charge in [-0.2, -0.15) is 5.26 Å². The molecule has 1 heterocycles. The highest BCUT2D eigenvalue weighted by Crippen LogP contribution is 2.27. The van der Waals surface area contributed by atoms with Crippen LogP contribution in [-0.4, -0.2) is 4.98 Å². The van der Waals surface area contributed by atoms with Gasteiger partial charge in [-0.1, -0.05) is 48.9 Å². The van der Waals surface area contributed by atoms with E-state index in [1.807, 2.05) is 5.38 Å². The van der Waals surface area contributed by atoms with E-state index in [1.54, 1.807) is 6.20 Å². The minimum atomic E-state index is 0.538. The Morgan fingerprint density at radius 3 is 2.41 bits per heavy atom. The number of nitrogens with zero attached hydrogens (tertiary/aromatic N) is 2. The van der Waals surface area contributed by atoms with Gasteiger partial charge in [0.2, 0.25) is 0 Å². The molecule has 4 heteroatoms. The van der Waals surface area contributed by atoms with Crippen LogP contribution in [0.25, 0.3) is 16.8 Å². The van der Waals surface area contributed by atoms with Crippen LogP contribution in [0.5, 0.6) is 0 Å². The van der Waals surface area contributed by atoms with Crippen LogP contribution in [0.1, 0.15) is 34.2 Å². The topological polar surface area (TPSA) is 48.7 Å². The zero-order valence-electron chi connectivity index (χ0n) is 16.1. The molecule has 2 aromatic carbocycles. The highest BCUT2D eigenvalue weighted by atomic mass is 32.1. The normalized spacial score (nSPS) is 11.3. The number of aromatic nitrogens is 1. The molecule has 0 aliphatic carbocycles. The van der Waals surface area contributed by atoms with Crippen molar-refractivity contribution >= 4 is 22.6 Å². The Bertz CT molecular complexity index is 998. The van der Waals surface area contributed by atoms with Gasteiger partial charge in [-0.05, 0) is 43.9 Å². The molecule has 0 radical (unpaired) electrons. The van der Waals surface area contributed by atoms with Gasteiger partial charge in [0.15, 0.2) is 0 Å². The van der Waals surface area contributed by atoms with Gasteiger partial charge < -0.3 is 5.32 Å². The first-order chi connectivity index (χ1) is 13.0. The van der Waals surface area contributed by atoms with Gasteiger partial charge in [0, 0.05) is 22.8 Å². The van der Waals surface area contributed by atoms with Crippen LogP contribution < -0.4 is 5.32 Å². The van der Waals surface area contributed by atoms with Crippen LogP contribution in [0.4, 0.5) is 5.69 Å². The van der Waals surface area contributed by atoms with Gasteiger partial charge in [0.25, 0.3) is 0 Å². The second-order valence-electron chi connectivity index (χ2n) is 6.68. The van der Waals surface area contributed by atoms with Crippen molar-refractivity contribution in [3.8, 4) is 17.3 Å². The summed E-state index contributed by atoms with van der Waals surface area (Å²) in [6.07, 6.45) is 2.78. The number of aryl methyl sites for hydroxylation is 4. The van der Waals surface area contributed by atoms with Crippen LogP contribution in [0.2, 0.25) is 0 Å². The molecular weight excluding hydrogens is 350 g/mol. The van der Waals surface area contributed by atoms with Crippen LogP contribution in [0.3, 0.4) is 0 Å². The van der Waals surface area contributed by atoms with Crippen LogP contribution >= 0.6 is 11.3 Å². The summed E-state index contributed by atoms with van der Waals surface area (Å²) in [6.45, 7) is 8.38. The molecule has 3 nitrogen and oxygen atoms in total. The summed E-state index contributed by atoms with van der Waals surface area (Å²) < 4.78 is 0. The van der Waals surface area contributed by atoms with Gasteiger partial charge in [-0.3, -0.25) is 0 Å². The molecule has 0 saturated carbocycles. The lowest BCUT2D eigenvalue weighted by Gasteiger charge is -2.11. The Morgan fingerprint density at radius 2 is 1.81 bits per heavy atom. The summed E-state index contributed by atoms with van der Waals surface area (Å²) in [6, 6.07) is 15.0. The molecule has 3 rings (SSSR count). The van der Waals surface area contributed by atoms with Gasteiger partial charge in [-0.25, -0.2) is 4.98 Å². The number of nitrogens with one attached hydrogen (secondary N) is 1. The molecular formula is C23H23N3S. The van der Waals surface area contributed by atoms with E-state index in [-0.39, 0.29) is 0 Å². The van der Waals surface area contributed by atoms with Crippen LogP contribution in [-0.2, 0) is 6.42 Å². The van der Waals surface area contributed by atoms with Gasteiger partial charge in [-0.15, -0.1) is 11.3 Å². The maximum absolute atomic E-state index is 9.60. The van der Waals surface area contributed by atoms with Crippen molar-refractivity contribution in [1.29, 1.82) is 5.26 Å². The minimum Gasteiger partial charge on any atom is -0.360 e. The lowest BCUT2D eigenvalue weighted by molar-refractivity contribution is 1.14. The molecule has 0 atom stereocenters. The molecule has 0 fully saturated rings. The third-order valence-electron chi connectivity index (χ3n) is 4.55. The summed E-state index contributed by atoms with van der Waals surface area (Å²) in [5.74, 6) is 0. The van der Waals surface area contributed by atoms with E-state index in [0.717, 1.165) is 39.5 Å². The van der Waals surface area contributed by atoms with Crippen molar-refractivity contribution in [1.82, 2.24) is 4.98 Å². The number of thiazole rings is 1. The molecule has 0 spiro atoms. The van der Waals surface area contributed by atoms with Crippen molar-refractivity contribution in [2.45, 2.75) is 34.1 Å². The highest BCUT2D eigenvalue weighted by molar-refractivity contribution is 7.11. The van der Waals surface area contributed by atoms with E-state index in [0.29, 0.717) is 5.57 Å². The summed E-state index contributed by atoms with van der Waals surface area (Å²) in [7, 11) is 0. The lowest BCUT2D eigenvalue weighted by Crippen LogP contribution is -1.97. The van der Waals surface area contributed by atoms with Gasteiger partial charge in [0.05, 0.1) is 5.69 Å². The van der Waals surface area contributed by atoms with E-state index in [1.165, 1.54) is 22.5 Å². The van der Waals surface area contributed by atoms with Crippen molar-refractivity contribution in [3.63, 3.8) is 0 Å². The monoisotopic (exact) mass is 373 g/mol. The third kappa shape index (κ3) is 4.27. The average molecular weight is 374 g/mol. The first-order valence-electron chi connectivity index (χ1n) is 9.01. The quantitative estimate of drug-likeness (QED) is 0.536.